The molecule has 0 radical (unpaired) electrons. The van der Waals surface area contributed by atoms with Crippen LogP contribution in [0, 0.1) is 6.92 Å². The maximum Gasteiger partial charge on any atom is 0.338 e. The maximum absolute atomic E-state index is 12.2. The SMILES string of the molecule is CC[C@H](C)NC(=O)NC(=O)COC(=O)c1ccc(C)c(NC(=O)c2ccco2)c1. The number of hydrogen-bond donors (Lipinski definition) is 3. The Morgan fingerprint density at radius 2 is 1.93 bits per heavy atom. The van der Waals surface area contributed by atoms with Crippen molar-refractivity contribution in [2.45, 2.75) is 33.2 Å². The molecule has 154 valence electrons. The van der Waals surface area contributed by atoms with Crippen LogP contribution in [0.5, 0.6) is 0 Å². The number of amides is 4. The molecule has 0 saturated carbocycles. The number of hydrogen-bond acceptors (Lipinski definition) is 6. The first-order valence-corrected chi connectivity index (χ1v) is 9.03. The first kappa shape index (κ1) is 21.7. The van der Waals surface area contributed by atoms with E-state index in [-0.39, 0.29) is 17.4 Å². The molecule has 0 aliphatic heterocycles. The van der Waals surface area contributed by atoms with Gasteiger partial charge in [-0.25, -0.2) is 9.59 Å². The lowest BCUT2D eigenvalue weighted by atomic mass is 10.1. The smallest absolute Gasteiger partial charge is 0.338 e. The molecule has 0 fully saturated rings. The van der Waals surface area contributed by atoms with Gasteiger partial charge in [-0.3, -0.25) is 14.9 Å². The molecule has 1 atom stereocenters. The van der Waals surface area contributed by atoms with Crippen LogP contribution in [0.4, 0.5) is 10.5 Å². The van der Waals surface area contributed by atoms with E-state index in [0.717, 1.165) is 5.56 Å². The van der Waals surface area contributed by atoms with Gasteiger partial charge >= 0.3 is 12.0 Å². The fourth-order valence-corrected chi connectivity index (χ4v) is 2.21. The largest absolute Gasteiger partial charge is 0.459 e. The molecule has 0 saturated heterocycles. The molecular formula is C20H23N3O6. The van der Waals surface area contributed by atoms with Crippen LogP contribution in [-0.2, 0) is 9.53 Å². The first-order chi connectivity index (χ1) is 13.8. The van der Waals surface area contributed by atoms with Gasteiger partial charge in [0, 0.05) is 11.7 Å². The van der Waals surface area contributed by atoms with Crippen molar-refractivity contribution in [1.29, 1.82) is 0 Å². The van der Waals surface area contributed by atoms with Gasteiger partial charge < -0.3 is 19.8 Å². The van der Waals surface area contributed by atoms with Crippen LogP contribution in [0.15, 0.2) is 41.0 Å². The average molecular weight is 401 g/mol. The van der Waals surface area contributed by atoms with E-state index in [0.29, 0.717) is 12.1 Å². The van der Waals surface area contributed by atoms with Gasteiger partial charge in [0.2, 0.25) is 0 Å². The molecule has 0 bridgehead atoms. The summed E-state index contributed by atoms with van der Waals surface area (Å²) >= 11 is 0. The summed E-state index contributed by atoms with van der Waals surface area (Å²) in [4.78, 5) is 47.6. The van der Waals surface area contributed by atoms with E-state index in [1.165, 1.54) is 24.5 Å². The quantitative estimate of drug-likeness (QED) is 0.612. The number of imide groups is 1. The lowest BCUT2D eigenvalue weighted by Gasteiger charge is -2.12. The first-order valence-electron chi connectivity index (χ1n) is 9.03. The number of furan rings is 1. The topological polar surface area (TPSA) is 127 Å². The third-order valence-corrected chi connectivity index (χ3v) is 4.04. The summed E-state index contributed by atoms with van der Waals surface area (Å²) in [6, 6.07) is 6.93. The van der Waals surface area contributed by atoms with Gasteiger partial charge in [0.05, 0.1) is 11.8 Å². The molecular weight excluding hydrogens is 378 g/mol. The number of aryl methyl sites for hydroxylation is 1. The summed E-state index contributed by atoms with van der Waals surface area (Å²) in [6.45, 7) is 4.83. The minimum absolute atomic E-state index is 0.0901. The van der Waals surface area contributed by atoms with Crippen LogP contribution < -0.4 is 16.0 Å². The number of carbonyl (C=O) groups excluding carboxylic acids is 4. The lowest BCUT2D eigenvalue weighted by molar-refractivity contribution is -0.123. The van der Waals surface area contributed by atoms with Crippen molar-refractivity contribution in [3.63, 3.8) is 0 Å². The number of ether oxygens (including phenoxy) is 1. The number of nitrogens with one attached hydrogen (secondary N) is 3. The van der Waals surface area contributed by atoms with E-state index in [9.17, 15) is 19.2 Å². The second kappa shape index (κ2) is 10.1. The van der Waals surface area contributed by atoms with E-state index < -0.39 is 30.4 Å². The Morgan fingerprint density at radius 3 is 2.59 bits per heavy atom. The van der Waals surface area contributed by atoms with E-state index in [2.05, 4.69) is 16.0 Å². The summed E-state index contributed by atoms with van der Waals surface area (Å²) in [5.74, 6) is -1.85. The van der Waals surface area contributed by atoms with Crippen molar-refractivity contribution in [1.82, 2.24) is 10.6 Å². The van der Waals surface area contributed by atoms with Crippen LogP contribution in [-0.4, -0.2) is 36.5 Å². The fourth-order valence-electron chi connectivity index (χ4n) is 2.21. The monoisotopic (exact) mass is 401 g/mol. The van der Waals surface area contributed by atoms with Crippen LogP contribution in [0.2, 0.25) is 0 Å². The van der Waals surface area contributed by atoms with Gasteiger partial charge in [0.1, 0.15) is 0 Å². The van der Waals surface area contributed by atoms with Crippen molar-refractivity contribution >= 4 is 29.5 Å². The van der Waals surface area contributed by atoms with Gasteiger partial charge in [0.25, 0.3) is 11.8 Å². The van der Waals surface area contributed by atoms with Gasteiger partial charge in [-0.05, 0) is 50.1 Å². The molecule has 1 aromatic heterocycles. The minimum atomic E-state index is -0.768. The molecule has 9 nitrogen and oxygen atoms in total. The second-order valence-electron chi connectivity index (χ2n) is 6.37. The third-order valence-electron chi connectivity index (χ3n) is 4.04. The maximum atomic E-state index is 12.2. The molecule has 0 spiro atoms. The van der Waals surface area contributed by atoms with Crippen LogP contribution in [0.1, 0.15) is 46.7 Å². The van der Waals surface area contributed by atoms with Gasteiger partial charge in [-0.1, -0.05) is 13.0 Å². The highest BCUT2D eigenvalue weighted by Gasteiger charge is 2.16. The second-order valence-corrected chi connectivity index (χ2v) is 6.37. The van der Waals surface area contributed by atoms with Gasteiger partial charge in [-0.2, -0.15) is 0 Å². The Kier molecular flexibility index (Phi) is 7.53. The zero-order chi connectivity index (χ0) is 21.4. The van der Waals surface area contributed by atoms with Crippen molar-refractivity contribution in [3.8, 4) is 0 Å². The number of carbonyl (C=O) groups is 4. The van der Waals surface area contributed by atoms with E-state index in [1.807, 2.05) is 6.92 Å². The highest BCUT2D eigenvalue weighted by molar-refractivity contribution is 6.03. The number of esters is 1. The Bertz CT molecular complexity index is 892. The minimum Gasteiger partial charge on any atom is -0.459 e. The number of benzene rings is 1. The zero-order valence-electron chi connectivity index (χ0n) is 16.4. The van der Waals surface area contributed by atoms with E-state index in [4.69, 9.17) is 9.15 Å². The van der Waals surface area contributed by atoms with Gasteiger partial charge in [-0.15, -0.1) is 0 Å². The predicted molar refractivity (Wildman–Crippen MR) is 105 cm³/mol. The average Bonchev–Trinajstić information content (AvgIpc) is 3.22. The van der Waals surface area contributed by atoms with Crippen LogP contribution in [0.25, 0.3) is 0 Å². The normalized spacial score (nSPS) is 11.3. The highest BCUT2D eigenvalue weighted by Crippen LogP contribution is 2.19. The Labute approximate surface area is 167 Å². The Morgan fingerprint density at radius 1 is 1.17 bits per heavy atom. The molecule has 0 aliphatic carbocycles. The van der Waals surface area contributed by atoms with Crippen molar-refractivity contribution in [3.05, 3.63) is 53.5 Å². The van der Waals surface area contributed by atoms with Crippen molar-refractivity contribution in [2.24, 2.45) is 0 Å². The molecule has 9 heteroatoms. The molecule has 2 rings (SSSR count). The molecule has 3 N–H and O–H groups in total. The zero-order valence-corrected chi connectivity index (χ0v) is 16.4. The number of anilines is 1. The summed E-state index contributed by atoms with van der Waals surface area (Å²) in [5.41, 5.74) is 1.27. The fraction of sp³-hybridized carbons (Fsp3) is 0.300. The molecule has 1 aromatic carbocycles. The summed E-state index contributed by atoms with van der Waals surface area (Å²) in [7, 11) is 0. The Balaban J connectivity index is 1.93. The summed E-state index contributed by atoms with van der Waals surface area (Å²) in [5, 5.41) is 7.29. The molecule has 0 aliphatic rings. The van der Waals surface area contributed by atoms with Crippen molar-refractivity contribution < 1.29 is 28.3 Å². The van der Waals surface area contributed by atoms with Crippen molar-refractivity contribution in [2.75, 3.05) is 11.9 Å². The molecule has 29 heavy (non-hydrogen) atoms. The summed E-state index contributed by atoms with van der Waals surface area (Å²) < 4.78 is 9.96. The third kappa shape index (κ3) is 6.49. The van der Waals surface area contributed by atoms with Crippen LogP contribution in [0.3, 0.4) is 0 Å². The summed E-state index contributed by atoms with van der Waals surface area (Å²) in [6.07, 6.45) is 2.09. The highest BCUT2D eigenvalue weighted by atomic mass is 16.5. The lowest BCUT2D eigenvalue weighted by Crippen LogP contribution is -2.44. The molecule has 0 unspecified atom stereocenters. The van der Waals surface area contributed by atoms with Crippen LogP contribution >= 0.6 is 0 Å². The molecule has 1 heterocycles. The van der Waals surface area contributed by atoms with E-state index in [1.54, 1.807) is 26.0 Å². The number of rotatable bonds is 7. The number of urea groups is 1. The molecule has 4 amide bonds. The van der Waals surface area contributed by atoms with E-state index >= 15 is 0 Å². The Hall–Kier alpha value is -3.62. The predicted octanol–water partition coefficient (Wildman–Crippen LogP) is 2.62. The standard InChI is InChI=1S/C20H23N3O6/c1-4-13(3)21-20(27)23-17(24)11-29-19(26)14-8-7-12(2)15(10-14)22-18(25)16-6-5-9-28-16/h5-10,13H,4,11H2,1-3H3,(H,22,25)(H2,21,23,24,27)/t13-/m0/s1. The molecule has 2 aromatic rings. The van der Waals surface area contributed by atoms with Gasteiger partial charge in [0.15, 0.2) is 12.4 Å².